The standard InChI is InChI=1S/C24H38N4O5S/c1-13(2)8-9-16-23(5,33-16)19-18(31-7)15(10-11-24(19)12-32-24)28(22(29)30)17(14(3)4)20-26-27-21(25-6)34-20/h8,14-19H,9-12H2,1-7H3,(H,25,27)(H,29,30)/t15-,16-,17?,18-,19?,23+,24+/m1/s1. The van der Waals surface area contributed by atoms with Gasteiger partial charge >= 0.3 is 6.09 Å². The second-order valence-corrected chi connectivity index (χ2v) is 11.5. The van der Waals surface area contributed by atoms with Crippen LogP contribution in [0.3, 0.4) is 0 Å². The number of carbonyl (C=O) groups is 1. The highest BCUT2D eigenvalue weighted by molar-refractivity contribution is 7.15. The molecule has 1 spiro atoms. The summed E-state index contributed by atoms with van der Waals surface area (Å²) in [6, 6.07) is -0.772. The van der Waals surface area contributed by atoms with Crippen molar-refractivity contribution in [2.24, 2.45) is 11.8 Å². The number of carboxylic acid groups (broad SMARTS) is 1. The van der Waals surface area contributed by atoms with Gasteiger partial charge in [-0.05, 0) is 46.0 Å². The maximum atomic E-state index is 12.8. The fourth-order valence-electron chi connectivity index (χ4n) is 5.91. The van der Waals surface area contributed by atoms with Crippen LogP contribution in [0.15, 0.2) is 11.6 Å². The minimum atomic E-state index is -0.971. The van der Waals surface area contributed by atoms with Gasteiger partial charge in [-0.25, -0.2) is 4.79 Å². The molecule has 1 aliphatic carbocycles. The Balaban J connectivity index is 1.68. The molecule has 2 saturated heterocycles. The molecule has 2 aliphatic heterocycles. The molecule has 190 valence electrons. The monoisotopic (exact) mass is 494 g/mol. The Bertz CT molecular complexity index is 928. The normalized spacial score (nSPS) is 35.2. The molecule has 1 amide bonds. The molecular formula is C24H38N4O5S. The first kappa shape index (κ1) is 25.3. The van der Waals surface area contributed by atoms with E-state index in [1.807, 2.05) is 13.8 Å². The zero-order valence-corrected chi connectivity index (χ0v) is 22.0. The summed E-state index contributed by atoms with van der Waals surface area (Å²) in [7, 11) is 3.46. The molecule has 3 fully saturated rings. The summed E-state index contributed by atoms with van der Waals surface area (Å²) in [5.74, 6) is -0.0489. The molecule has 34 heavy (non-hydrogen) atoms. The van der Waals surface area contributed by atoms with E-state index in [0.717, 1.165) is 12.8 Å². The third kappa shape index (κ3) is 4.45. The van der Waals surface area contributed by atoms with Gasteiger partial charge in [-0.2, -0.15) is 0 Å². The van der Waals surface area contributed by atoms with Crippen LogP contribution < -0.4 is 5.32 Å². The Morgan fingerprint density at radius 2 is 2.12 bits per heavy atom. The average molecular weight is 495 g/mol. The van der Waals surface area contributed by atoms with Gasteiger partial charge in [-0.15, -0.1) is 10.2 Å². The van der Waals surface area contributed by atoms with Crippen molar-refractivity contribution in [1.29, 1.82) is 0 Å². The first-order chi connectivity index (χ1) is 16.1. The molecule has 1 saturated carbocycles. The number of amides is 1. The number of epoxide rings is 2. The Kier molecular flexibility index (Phi) is 6.98. The van der Waals surface area contributed by atoms with Crippen molar-refractivity contribution in [1.82, 2.24) is 15.1 Å². The van der Waals surface area contributed by atoms with Gasteiger partial charge < -0.3 is 24.6 Å². The Morgan fingerprint density at radius 3 is 2.62 bits per heavy atom. The summed E-state index contributed by atoms with van der Waals surface area (Å²) in [6.07, 6.45) is 3.23. The summed E-state index contributed by atoms with van der Waals surface area (Å²) in [5.41, 5.74) is 0.543. The molecule has 7 atom stereocenters. The number of aromatic nitrogens is 2. The van der Waals surface area contributed by atoms with E-state index in [4.69, 9.17) is 14.2 Å². The van der Waals surface area contributed by atoms with Crippen molar-refractivity contribution < 1.29 is 24.1 Å². The molecular weight excluding hydrogens is 456 g/mol. The summed E-state index contributed by atoms with van der Waals surface area (Å²) < 4.78 is 18.5. The number of hydrogen-bond donors (Lipinski definition) is 2. The molecule has 9 nitrogen and oxygen atoms in total. The van der Waals surface area contributed by atoms with E-state index in [0.29, 0.717) is 23.2 Å². The van der Waals surface area contributed by atoms with Gasteiger partial charge in [-0.3, -0.25) is 4.90 Å². The van der Waals surface area contributed by atoms with Gasteiger partial charge in [0.05, 0.1) is 36.5 Å². The highest BCUT2D eigenvalue weighted by Crippen LogP contribution is 2.60. The highest BCUT2D eigenvalue weighted by atomic mass is 32.1. The Morgan fingerprint density at radius 1 is 1.41 bits per heavy atom. The molecule has 10 heteroatoms. The van der Waals surface area contributed by atoms with Crippen molar-refractivity contribution in [2.75, 3.05) is 26.1 Å². The minimum absolute atomic E-state index is 0.0101. The molecule has 4 rings (SSSR count). The van der Waals surface area contributed by atoms with Crippen LogP contribution in [0.4, 0.5) is 9.93 Å². The molecule has 0 bridgehead atoms. The predicted molar refractivity (Wildman–Crippen MR) is 130 cm³/mol. The van der Waals surface area contributed by atoms with Crippen molar-refractivity contribution in [3.05, 3.63) is 16.7 Å². The van der Waals surface area contributed by atoms with Gasteiger partial charge in [-0.1, -0.05) is 36.8 Å². The minimum Gasteiger partial charge on any atom is -0.465 e. The molecule has 1 aromatic rings. The summed E-state index contributed by atoms with van der Waals surface area (Å²) in [5, 5.41) is 23.3. The summed E-state index contributed by atoms with van der Waals surface area (Å²) in [4.78, 5) is 14.4. The van der Waals surface area contributed by atoms with Crippen LogP contribution in [-0.4, -0.2) is 76.5 Å². The van der Waals surface area contributed by atoms with E-state index in [-0.39, 0.29) is 35.7 Å². The number of ether oxygens (including phenoxy) is 3. The van der Waals surface area contributed by atoms with Crippen LogP contribution in [0.1, 0.15) is 64.9 Å². The zero-order valence-electron chi connectivity index (χ0n) is 21.2. The van der Waals surface area contributed by atoms with Crippen molar-refractivity contribution >= 4 is 22.6 Å². The highest BCUT2D eigenvalue weighted by Gasteiger charge is 2.72. The molecule has 2 unspecified atom stereocenters. The van der Waals surface area contributed by atoms with Crippen LogP contribution in [-0.2, 0) is 14.2 Å². The lowest BCUT2D eigenvalue weighted by atomic mass is 9.67. The van der Waals surface area contributed by atoms with Crippen LogP contribution in [0.2, 0.25) is 0 Å². The third-order valence-corrected chi connectivity index (χ3v) is 8.69. The molecule has 0 radical (unpaired) electrons. The molecule has 2 N–H and O–H groups in total. The molecule has 3 heterocycles. The Hall–Kier alpha value is -1.75. The van der Waals surface area contributed by atoms with E-state index < -0.39 is 17.7 Å². The van der Waals surface area contributed by atoms with Crippen molar-refractivity contribution in [3.63, 3.8) is 0 Å². The fraction of sp³-hybridized carbons (Fsp3) is 0.792. The van der Waals surface area contributed by atoms with E-state index >= 15 is 0 Å². The van der Waals surface area contributed by atoms with Crippen LogP contribution in [0.25, 0.3) is 0 Å². The summed E-state index contributed by atoms with van der Waals surface area (Å²) in [6.45, 7) is 11.0. The van der Waals surface area contributed by atoms with E-state index in [9.17, 15) is 9.90 Å². The quantitative estimate of drug-likeness (QED) is 0.385. The number of hydrogen-bond acceptors (Lipinski definition) is 8. The number of nitrogens with zero attached hydrogens (tertiary/aromatic N) is 3. The number of allylic oxidation sites excluding steroid dienone is 1. The molecule has 0 aromatic carbocycles. The summed E-state index contributed by atoms with van der Waals surface area (Å²) >= 11 is 1.39. The second-order valence-electron chi connectivity index (χ2n) is 10.5. The van der Waals surface area contributed by atoms with E-state index in [1.54, 1.807) is 19.1 Å². The van der Waals surface area contributed by atoms with Crippen LogP contribution >= 0.6 is 11.3 Å². The predicted octanol–water partition coefficient (Wildman–Crippen LogP) is 4.33. The maximum Gasteiger partial charge on any atom is 0.408 e. The van der Waals surface area contributed by atoms with Gasteiger partial charge in [0.15, 0.2) is 0 Å². The lowest BCUT2D eigenvalue weighted by molar-refractivity contribution is -0.102. The van der Waals surface area contributed by atoms with Crippen LogP contribution in [0.5, 0.6) is 0 Å². The third-order valence-electron chi connectivity index (χ3n) is 7.68. The molecule has 1 aromatic heterocycles. The smallest absolute Gasteiger partial charge is 0.408 e. The van der Waals surface area contributed by atoms with Gasteiger partial charge in [0.25, 0.3) is 0 Å². The lowest BCUT2D eigenvalue weighted by Crippen LogP contribution is -2.61. The number of rotatable bonds is 9. The number of methoxy groups -OCH3 is 1. The van der Waals surface area contributed by atoms with E-state index in [1.165, 1.54) is 16.9 Å². The number of nitrogens with one attached hydrogen (secondary N) is 1. The van der Waals surface area contributed by atoms with Crippen LogP contribution in [0, 0.1) is 11.8 Å². The Labute approximate surface area is 205 Å². The maximum absolute atomic E-state index is 12.8. The van der Waals surface area contributed by atoms with E-state index in [2.05, 4.69) is 42.4 Å². The SMILES string of the molecule is CNc1nnc(C(C(C)C)N(C(=O)O)[C@@H]2CC[C@]3(CO3)C([C@@]3(C)O[C@@H]3CC=C(C)C)[C@@H]2OC)s1. The first-order valence-corrected chi connectivity index (χ1v) is 12.9. The topological polar surface area (TPSA) is 113 Å². The zero-order chi connectivity index (χ0) is 24.8. The van der Waals surface area contributed by atoms with Gasteiger partial charge in [0, 0.05) is 20.1 Å². The second kappa shape index (κ2) is 9.37. The van der Waals surface area contributed by atoms with Gasteiger partial charge in [0.1, 0.15) is 10.6 Å². The average Bonchev–Trinajstić information content (AvgIpc) is 3.63. The van der Waals surface area contributed by atoms with Crippen molar-refractivity contribution in [2.45, 2.75) is 89.4 Å². The largest absolute Gasteiger partial charge is 0.465 e. The first-order valence-electron chi connectivity index (χ1n) is 12.1. The van der Waals surface area contributed by atoms with Crippen molar-refractivity contribution in [3.8, 4) is 0 Å². The molecule has 3 aliphatic rings. The fourth-order valence-corrected chi connectivity index (χ4v) is 6.88. The van der Waals surface area contributed by atoms with Gasteiger partial charge in [0.2, 0.25) is 5.13 Å². The lowest BCUT2D eigenvalue weighted by Gasteiger charge is -2.48. The number of anilines is 1.